The summed E-state index contributed by atoms with van der Waals surface area (Å²) in [6.07, 6.45) is 2.80. The summed E-state index contributed by atoms with van der Waals surface area (Å²) >= 11 is 5.92. The van der Waals surface area contributed by atoms with Crippen LogP contribution in [0.4, 0.5) is 0 Å². The van der Waals surface area contributed by atoms with E-state index in [0.717, 1.165) is 0 Å². The van der Waals surface area contributed by atoms with E-state index in [2.05, 4.69) is 10.4 Å². The molecule has 118 valence electrons. The maximum atomic E-state index is 12.3. The molecule has 0 spiro atoms. The summed E-state index contributed by atoms with van der Waals surface area (Å²) in [5.41, 5.74) is 0.868. The molecule has 0 radical (unpaired) electrons. The summed E-state index contributed by atoms with van der Waals surface area (Å²) in [4.78, 5) is 24.3. The predicted octanol–water partition coefficient (Wildman–Crippen LogP) is 2.37. The van der Waals surface area contributed by atoms with Gasteiger partial charge in [0.1, 0.15) is 0 Å². The molecule has 0 bridgehead atoms. The standard InChI is InChI=1S/C16H15ClN4O2/c1-10(2)20-16(23)14(7-18)15(22)11-8-19-21(9-11)13-5-3-4-12(17)6-13/h3-6,8-10,14H,1-2H3,(H,20,23). The first kappa shape index (κ1) is 16.7. The topological polar surface area (TPSA) is 87.8 Å². The number of nitrogens with zero attached hydrogens (tertiary/aromatic N) is 3. The molecule has 1 aromatic heterocycles. The quantitative estimate of drug-likeness (QED) is 0.673. The molecule has 1 amide bonds. The fraction of sp³-hybridized carbons (Fsp3) is 0.250. The zero-order valence-corrected chi connectivity index (χ0v) is 13.4. The highest BCUT2D eigenvalue weighted by Gasteiger charge is 2.28. The second-order valence-corrected chi connectivity index (χ2v) is 5.68. The summed E-state index contributed by atoms with van der Waals surface area (Å²) in [5.74, 6) is -2.59. The minimum absolute atomic E-state index is 0.152. The number of aromatic nitrogens is 2. The molecule has 0 aliphatic carbocycles. The molecule has 0 aliphatic rings. The zero-order chi connectivity index (χ0) is 17.0. The first-order valence-corrected chi connectivity index (χ1v) is 7.35. The predicted molar refractivity (Wildman–Crippen MR) is 85.3 cm³/mol. The van der Waals surface area contributed by atoms with E-state index in [9.17, 15) is 9.59 Å². The van der Waals surface area contributed by atoms with Crippen molar-refractivity contribution in [3.05, 3.63) is 47.2 Å². The van der Waals surface area contributed by atoms with Gasteiger partial charge in [-0.3, -0.25) is 9.59 Å². The number of hydrogen-bond donors (Lipinski definition) is 1. The molecule has 0 saturated carbocycles. The van der Waals surface area contributed by atoms with Crippen molar-refractivity contribution < 1.29 is 9.59 Å². The SMILES string of the molecule is CC(C)NC(=O)C(C#N)C(=O)c1cnn(-c2cccc(Cl)c2)c1. The summed E-state index contributed by atoms with van der Waals surface area (Å²) in [6.45, 7) is 3.52. The molecule has 0 aliphatic heterocycles. The van der Waals surface area contributed by atoms with Crippen LogP contribution in [-0.4, -0.2) is 27.5 Å². The van der Waals surface area contributed by atoms with Crippen LogP contribution in [0.5, 0.6) is 0 Å². The van der Waals surface area contributed by atoms with Crippen molar-refractivity contribution in [2.45, 2.75) is 19.9 Å². The molecule has 2 aromatic rings. The normalized spacial score (nSPS) is 11.8. The minimum Gasteiger partial charge on any atom is -0.352 e. The number of nitriles is 1. The third-order valence-electron chi connectivity index (χ3n) is 3.02. The Morgan fingerprint density at radius 2 is 2.13 bits per heavy atom. The van der Waals surface area contributed by atoms with E-state index < -0.39 is 17.6 Å². The highest BCUT2D eigenvalue weighted by atomic mass is 35.5. The number of ketones is 1. The minimum atomic E-state index is -1.39. The van der Waals surface area contributed by atoms with Gasteiger partial charge >= 0.3 is 0 Å². The van der Waals surface area contributed by atoms with E-state index >= 15 is 0 Å². The number of Topliss-reactive ketones (excluding diaryl/α,β-unsaturated/α-hetero) is 1. The number of hydrogen-bond acceptors (Lipinski definition) is 4. The van der Waals surface area contributed by atoms with E-state index in [1.807, 2.05) is 0 Å². The van der Waals surface area contributed by atoms with Crippen LogP contribution in [-0.2, 0) is 4.79 Å². The molecular weight excluding hydrogens is 316 g/mol. The van der Waals surface area contributed by atoms with Gasteiger partial charge in [-0.05, 0) is 32.0 Å². The molecule has 1 heterocycles. The average Bonchev–Trinajstić information content (AvgIpc) is 2.97. The van der Waals surface area contributed by atoms with Crippen molar-refractivity contribution in [2.75, 3.05) is 0 Å². The second kappa shape index (κ2) is 7.07. The Morgan fingerprint density at radius 1 is 1.39 bits per heavy atom. The van der Waals surface area contributed by atoms with Crippen LogP contribution in [0.25, 0.3) is 5.69 Å². The number of nitrogens with one attached hydrogen (secondary N) is 1. The van der Waals surface area contributed by atoms with Crippen molar-refractivity contribution in [1.29, 1.82) is 5.26 Å². The lowest BCUT2D eigenvalue weighted by atomic mass is 10.0. The van der Waals surface area contributed by atoms with Crippen molar-refractivity contribution >= 4 is 23.3 Å². The number of halogens is 1. The molecule has 1 aromatic carbocycles. The Morgan fingerprint density at radius 3 is 2.74 bits per heavy atom. The van der Waals surface area contributed by atoms with Crippen LogP contribution in [0.1, 0.15) is 24.2 Å². The zero-order valence-electron chi connectivity index (χ0n) is 12.7. The fourth-order valence-electron chi connectivity index (χ4n) is 1.98. The van der Waals surface area contributed by atoms with E-state index in [1.54, 1.807) is 44.2 Å². The molecule has 0 fully saturated rings. The van der Waals surface area contributed by atoms with Crippen molar-refractivity contribution in [3.63, 3.8) is 0 Å². The van der Waals surface area contributed by atoms with Crippen LogP contribution in [0, 0.1) is 17.2 Å². The van der Waals surface area contributed by atoms with Gasteiger partial charge in [0.15, 0.2) is 11.7 Å². The van der Waals surface area contributed by atoms with Gasteiger partial charge in [0.25, 0.3) is 0 Å². The van der Waals surface area contributed by atoms with E-state index in [-0.39, 0.29) is 11.6 Å². The molecule has 7 heteroatoms. The number of rotatable bonds is 5. The monoisotopic (exact) mass is 330 g/mol. The Labute approximate surface area is 138 Å². The highest BCUT2D eigenvalue weighted by molar-refractivity contribution is 6.30. The third-order valence-corrected chi connectivity index (χ3v) is 3.26. The molecule has 0 saturated heterocycles. The lowest BCUT2D eigenvalue weighted by molar-refractivity contribution is -0.122. The van der Waals surface area contributed by atoms with Gasteiger partial charge in [0.05, 0.1) is 23.5 Å². The second-order valence-electron chi connectivity index (χ2n) is 5.24. The smallest absolute Gasteiger partial charge is 0.245 e. The van der Waals surface area contributed by atoms with Crippen LogP contribution < -0.4 is 5.32 Å². The maximum absolute atomic E-state index is 12.3. The van der Waals surface area contributed by atoms with Gasteiger partial charge in [-0.2, -0.15) is 10.4 Å². The lowest BCUT2D eigenvalue weighted by Gasteiger charge is -2.11. The average molecular weight is 331 g/mol. The first-order valence-electron chi connectivity index (χ1n) is 6.97. The van der Waals surface area contributed by atoms with E-state index in [4.69, 9.17) is 16.9 Å². The summed E-state index contributed by atoms with van der Waals surface area (Å²) < 4.78 is 1.47. The van der Waals surface area contributed by atoms with Gasteiger partial charge in [0, 0.05) is 17.3 Å². The highest BCUT2D eigenvalue weighted by Crippen LogP contribution is 2.16. The first-order chi connectivity index (χ1) is 10.9. The molecule has 23 heavy (non-hydrogen) atoms. The molecule has 1 unspecified atom stereocenters. The van der Waals surface area contributed by atoms with E-state index in [1.165, 1.54) is 17.1 Å². The summed E-state index contributed by atoms with van der Waals surface area (Å²) in [5, 5.41) is 16.3. The molecular formula is C16H15ClN4O2. The molecule has 1 N–H and O–H groups in total. The van der Waals surface area contributed by atoms with Crippen molar-refractivity contribution in [2.24, 2.45) is 5.92 Å². The molecule has 1 atom stereocenters. The number of benzene rings is 1. The van der Waals surface area contributed by atoms with Gasteiger partial charge in [-0.1, -0.05) is 17.7 Å². The number of amides is 1. The van der Waals surface area contributed by atoms with Crippen molar-refractivity contribution in [1.82, 2.24) is 15.1 Å². The van der Waals surface area contributed by atoms with Crippen molar-refractivity contribution in [3.8, 4) is 11.8 Å². The number of carbonyl (C=O) groups excluding carboxylic acids is 2. The van der Waals surface area contributed by atoms with Gasteiger partial charge in [0.2, 0.25) is 5.91 Å². The third kappa shape index (κ3) is 3.96. The van der Waals surface area contributed by atoms with Gasteiger partial charge < -0.3 is 5.32 Å². The van der Waals surface area contributed by atoms with Gasteiger partial charge in [-0.15, -0.1) is 0 Å². The fourth-order valence-corrected chi connectivity index (χ4v) is 2.17. The Hall–Kier alpha value is -2.65. The van der Waals surface area contributed by atoms with Crippen LogP contribution in [0.3, 0.4) is 0 Å². The van der Waals surface area contributed by atoms with Gasteiger partial charge in [-0.25, -0.2) is 4.68 Å². The number of carbonyl (C=O) groups is 2. The molecule has 2 rings (SSSR count). The van der Waals surface area contributed by atoms with Crippen LogP contribution in [0.2, 0.25) is 5.02 Å². The summed E-state index contributed by atoms with van der Waals surface area (Å²) in [7, 11) is 0. The van der Waals surface area contributed by atoms with Crippen LogP contribution >= 0.6 is 11.6 Å². The summed E-state index contributed by atoms with van der Waals surface area (Å²) in [6, 6.07) is 8.54. The Balaban J connectivity index is 2.24. The lowest BCUT2D eigenvalue weighted by Crippen LogP contribution is -2.38. The molecule has 6 nitrogen and oxygen atoms in total. The Bertz CT molecular complexity index is 776. The Kier molecular flexibility index (Phi) is 5.14. The maximum Gasteiger partial charge on any atom is 0.245 e. The largest absolute Gasteiger partial charge is 0.352 e. The van der Waals surface area contributed by atoms with Crippen LogP contribution in [0.15, 0.2) is 36.7 Å². The van der Waals surface area contributed by atoms with E-state index in [0.29, 0.717) is 10.7 Å².